The highest BCUT2D eigenvalue weighted by atomic mass is 16.4. The van der Waals surface area contributed by atoms with Gasteiger partial charge in [-0.15, -0.1) is 0 Å². The predicted octanol–water partition coefficient (Wildman–Crippen LogP) is 4.94. The van der Waals surface area contributed by atoms with Crippen molar-refractivity contribution >= 4 is 5.97 Å². The standard InChI is InChI=1S/C15H28O2/c1-2-3-4-5-6-7-8-9-10-11-12-13-14-15(16)17/h7-8H,2-6,9-14H2,1H3,(H,16,17)/b8-7-. The second-order valence-corrected chi connectivity index (χ2v) is 4.67. The van der Waals surface area contributed by atoms with Crippen LogP contribution in [0.15, 0.2) is 12.2 Å². The Morgan fingerprint density at radius 1 is 0.882 bits per heavy atom. The molecule has 0 spiro atoms. The summed E-state index contributed by atoms with van der Waals surface area (Å²) >= 11 is 0. The molecule has 0 aliphatic heterocycles. The highest BCUT2D eigenvalue weighted by Crippen LogP contribution is 2.07. The third-order valence-electron chi connectivity index (χ3n) is 2.90. The number of carboxylic acids is 1. The predicted molar refractivity (Wildman–Crippen MR) is 73.2 cm³/mol. The van der Waals surface area contributed by atoms with E-state index in [-0.39, 0.29) is 0 Å². The van der Waals surface area contributed by atoms with E-state index in [0.717, 1.165) is 25.7 Å². The van der Waals surface area contributed by atoms with Gasteiger partial charge in [-0.3, -0.25) is 4.79 Å². The van der Waals surface area contributed by atoms with E-state index in [4.69, 9.17) is 5.11 Å². The third kappa shape index (κ3) is 15.2. The van der Waals surface area contributed by atoms with Crippen LogP contribution in [0.4, 0.5) is 0 Å². The number of aliphatic carboxylic acids is 1. The SMILES string of the molecule is CCCCCC/C=C\CCCCCCC(=O)O. The van der Waals surface area contributed by atoms with Crippen molar-refractivity contribution in [2.24, 2.45) is 0 Å². The van der Waals surface area contributed by atoms with E-state index in [1.165, 1.54) is 38.5 Å². The summed E-state index contributed by atoms with van der Waals surface area (Å²) in [4.78, 5) is 10.3. The van der Waals surface area contributed by atoms with Gasteiger partial charge in [-0.05, 0) is 32.1 Å². The van der Waals surface area contributed by atoms with Gasteiger partial charge in [-0.1, -0.05) is 51.2 Å². The molecule has 0 saturated heterocycles. The Balaban J connectivity index is 3.06. The smallest absolute Gasteiger partial charge is 0.303 e. The zero-order valence-corrected chi connectivity index (χ0v) is 11.3. The summed E-state index contributed by atoms with van der Waals surface area (Å²) < 4.78 is 0. The monoisotopic (exact) mass is 240 g/mol. The first kappa shape index (κ1) is 16.2. The lowest BCUT2D eigenvalue weighted by Gasteiger charge is -1.97. The number of unbranched alkanes of at least 4 members (excludes halogenated alkanes) is 8. The lowest BCUT2D eigenvalue weighted by molar-refractivity contribution is -0.137. The third-order valence-corrected chi connectivity index (χ3v) is 2.90. The summed E-state index contributed by atoms with van der Waals surface area (Å²) in [6, 6.07) is 0. The second kappa shape index (κ2) is 13.3. The first-order valence-corrected chi connectivity index (χ1v) is 7.14. The van der Waals surface area contributed by atoms with Gasteiger partial charge >= 0.3 is 5.97 Å². The van der Waals surface area contributed by atoms with E-state index in [2.05, 4.69) is 19.1 Å². The Labute approximate surface area is 106 Å². The van der Waals surface area contributed by atoms with Crippen LogP contribution in [0.3, 0.4) is 0 Å². The minimum absolute atomic E-state index is 0.327. The van der Waals surface area contributed by atoms with Crippen molar-refractivity contribution in [2.45, 2.75) is 77.6 Å². The number of carbonyl (C=O) groups is 1. The number of rotatable bonds is 12. The van der Waals surface area contributed by atoms with E-state index in [0.29, 0.717) is 6.42 Å². The highest BCUT2D eigenvalue weighted by molar-refractivity contribution is 5.66. The topological polar surface area (TPSA) is 37.3 Å². The highest BCUT2D eigenvalue weighted by Gasteiger charge is 1.95. The molecule has 2 heteroatoms. The minimum atomic E-state index is -0.669. The second-order valence-electron chi connectivity index (χ2n) is 4.67. The maximum atomic E-state index is 10.3. The fourth-order valence-electron chi connectivity index (χ4n) is 1.82. The Hall–Kier alpha value is -0.790. The minimum Gasteiger partial charge on any atom is -0.481 e. The molecule has 0 aromatic carbocycles. The normalized spacial score (nSPS) is 11.1. The van der Waals surface area contributed by atoms with Gasteiger partial charge in [0, 0.05) is 6.42 Å². The Bertz CT molecular complexity index is 197. The molecule has 1 N–H and O–H groups in total. The summed E-state index contributed by atoms with van der Waals surface area (Å²) in [5.74, 6) is -0.669. The Kier molecular flexibility index (Phi) is 12.7. The molecule has 0 fully saturated rings. The lowest BCUT2D eigenvalue weighted by atomic mass is 10.1. The number of allylic oxidation sites excluding steroid dienone is 2. The average molecular weight is 240 g/mol. The van der Waals surface area contributed by atoms with Gasteiger partial charge in [-0.2, -0.15) is 0 Å². The first-order valence-electron chi connectivity index (χ1n) is 7.14. The average Bonchev–Trinajstić information content (AvgIpc) is 2.30. The van der Waals surface area contributed by atoms with E-state index in [1.54, 1.807) is 0 Å². The molecular weight excluding hydrogens is 212 g/mol. The molecule has 0 unspecified atom stereocenters. The van der Waals surface area contributed by atoms with Crippen LogP contribution in [-0.2, 0) is 4.79 Å². The van der Waals surface area contributed by atoms with Crippen molar-refractivity contribution in [2.75, 3.05) is 0 Å². The maximum Gasteiger partial charge on any atom is 0.303 e. The van der Waals surface area contributed by atoms with Crippen LogP contribution in [-0.4, -0.2) is 11.1 Å². The molecule has 0 radical (unpaired) electrons. The fourth-order valence-corrected chi connectivity index (χ4v) is 1.82. The molecule has 0 rings (SSSR count). The number of hydrogen-bond acceptors (Lipinski definition) is 1. The molecule has 0 aromatic heterocycles. The fraction of sp³-hybridized carbons (Fsp3) is 0.800. The molecule has 0 saturated carbocycles. The van der Waals surface area contributed by atoms with Gasteiger partial charge in [0.15, 0.2) is 0 Å². The van der Waals surface area contributed by atoms with Gasteiger partial charge < -0.3 is 5.11 Å². The molecule has 0 aromatic rings. The molecule has 0 heterocycles. The van der Waals surface area contributed by atoms with Crippen molar-refractivity contribution in [3.63, 3.8) is 0 Å². The lowest BCUT2D eigenvalue weighted by Crippen LogP contribution is -1.93. The molecular formula is C15H28O2. The molecule has 2 nitrogen and oxygen atoms in total. The zero-order chi connectivity index (χ0) is 12.8. The quantitative estimate of drug-likeness (QED) is 0.387. The summed E-state index contributed by atoms with van der Waals surface area (Å²) in [5, 5.41) is 8.46. The van der Waals surface area contributed by atoms with Crippen LogP contribution in [0.5, 0.6) is 0 Å². The van der Waals surface area contributed by atoms with Gasteiger partial charge in [0.05, 0.1) is 0 Å². The van der Waals surface area contributed by atoms with Crippen molar-refractivity contribution in [3.8, 4) is 0 Å². The van der Waals surface area contributed by atoms with Crippen LogP contribution in [0, 0.1) is 0 Å². The summed E-state index contributed by atoms with van der Waals surface area (Å²) in [6.45, 7) is 2.24. The van der Waals surface area contributed by atoms with E-state index < -0.39 is 5.97 Å². The van der Waals surface area contributed by atoms with Gasteiger partial charge in [0.2, 0.25) is 0 Å². The van der Waals surface area contributed by atoms with Crippen LogP contribution < -0.4 is 0 Å². The summed E-state index contributed by atoms with van der Waals surface area (Å²) in [6.07, 6.45) is 16.9. The van der Waals surface area contributed by atoms with Gasteiger partial charge in [-0.25, -0.2) is 0 Å². The van der Waals surface area contributed by atoms with Crippen molar-refractivity contribution in [3.05, 3.63) is 12.2 Å². The van der Waals surface area contributed by atoms with Crippen LogP contribution in [0.2, 0.25) is 0 Å². The molecule has 0 aliphatic carbocycles. The van der Waals surface area contributed by atoms with Crippen LogP contribution >= 0.6 is 0 Å². The molecule has 100 valence electrons. The molecule has 0 amide bonds. The van der Waals surface area contributed by atoms with Crippen molar-refractivity contribution in [1.82, 2.24) is 0 Å². The Morgan fingerprint density at radius 3 is 1.94 bits per heavy atom. The summed E-state index contributed by atoms with van der Waals surface area (Å²) in [5.41, 5.74) is 0. The van der Waals surface area contributed by atoms with Crippen LogP contribution in [0.1, 0.15) is 77.6 Å². The van der Waals surface area contributed by atoms with Crippen molar-refractivity contribution < 1.29 is 9.90 Å². The van der Waals surface area contributed by atoms with Crippen molar-refractivity contribution in [1.29, 1.82) is 0 Å². The largest absolute Gasteiger partial charge is 0.481 e. The first-order chi connectivity index (χ1) is 8.27. The number of hydrogen-bond donors (Lipinski definition) is 1. The van der Waals surface area contributed by atoms with Gasteiger partial charge in [0.25, 0.3) is 0 Å². The maximum absolute atomic E-state index is 10.3. The van der Waals surface area contributed by atoms with Gasteiger partial charge in [0.1, 0.15) is 0 Å². The molecule has 0 bridgehead atoms. The number of carboxylic acid groups (broad SMARTS) is 1. The zero-order valence-electron chi connectivity index (χ0n) is 11.3. The van der Waals surface area contributed by atoms with E-state index in [9.17, 15) is 4.79 Å². The van der Waals surface area contributed by atoms with Crippen LogP contribution in [0.25, 0.3) is 0 Å². The van der Waals surface area contributed by atoms with E-state index >= 15 is 0 Å². The van der Waals surface area contributed by atoms with E-state index in [1.807, 2.05) is 0 Å². The molecule has 17 heavy (non-hydrogen) atoms. The summed E-state index contributed by atoms with van der Waals surface area (Å²) in [7, 11) is 0. The molecule has 0 aliphatic rings. The molecule has 0 atom stereocenters. The Morgan fingerprint density at radius 2 is 1.41 bits per heavy atom.